The molecular weight excluding hydrogens is 390 g/mol. The van der Waals surface area contributed by atoms with E-state index in [-0.39, 0.29) is 16.0 Å². The van der Waals surface area contributed by atoms with Crippen molar-refractivity contribution in [2.24, 2.45) is 0 Å². The van der Waals surface area contributed by atoms with E-state index in [2.05, 4.69) is 0 Å². The maximum atomic E-state index is 12.5. The smallest absolute Gasteiger partial charge is 0.338 e. The summed E-state index contributed by atoms with van der Waals surface area (Å²) in [6.07, 6.45) is 1.71. The summed E-state index contributed by atoms with van der Waals surface area (Å²) < 4.78 is 31.4. The molecule has 1 saturated heterocycles. The van der Waals surface area contributed by atoms with Crippen molar-refractivity contribution in [3.63, 3.8) is 0 Å². The predicted octanol–water partition coefficient (Wildman–Crippen LogP) is 3.16. The van der Waals surface area contributed by atoms with Crippen molar-refractivity contribution in [1.29, 1.82) is 0 Å². The SMILES string of the molecule is O=C(COC(=O)c1cccc(Cl)c1)c1ccc(S(=O)(=O)N2CCCC2)cc1. The van der Waals surface area contributed by atoms with Crippen molar-refractivity contribution < 1.29 is 22.7 Å². The van der Waals surface area contributed by atoms with E-state index in [1.54, 1.807) is 12.1 Å². The topological polar surface area (TPSA) is 80.8 Å². The third-order valence-electron chi connectivity index (χ3n) is 4.27. The Bertz CT molecular complexity index is 950. The average Bonchev–Trinajstić information content (AvgIpc) is 3.21. The van der Waals surface area contributed by atoms with Gasteiger partial charge in [-0.25, -0.2) is 13.2 Å². The van der Waals surface area contributed by atoms with Gasteiger partial charge in [0.2, 0.25) is 10.0 Å². The number of halogens is 1. The van der Waals surface area contributed by atoms with Crippen LogP contribution >= 0.6 is 11.6 Å². The van der Waals surface area contributed by atoms with Crippen molar-refractivity contribution in [3.8, 4) is 0 Å². The van der Waals surface area contributed by atoms with Crippen LogP contribution in [0.25, 0.3) is 0 Å². The van der Waals surface area contributed by atoms with E-state index >= 15 is 0 Å². The molecule has 0 atom stereocenters. The van der Waals surface area contributed by atoms with Gasteiger partial charge in [-0.15, -0.1) is 0 Å². The minimum atomic E-state index is -3.52. The molecule has 8 heteroatoms. The molecule has 27 heavy (non-hydrogen) atoms. The zero-order chi connectivity index (χ0) is 19.4. The fourth-order valence-electron chi connectivity index (χ4n) is 2.80. The van der Waals surface area contributed by atoms with Crippen LogP contribution in [-0.2, 0) is 14.8 Å². The molecule has 1 fully saturated rings. The quantitative estimate of drug-likeness (QED) is 0.542. The number of Topliss-reactive ketones (excluding diaryl/α,β-unsaturated/α-hetero) is 1. The summed E-state index contributed by atoms with van der Waals surface area (Å²) in [5, 5.41) is 0.394. The molecule has 0 N–H and O–H groups in total. The van der Waals surface area contributed by atoms with Crippen LogP contribution in [0.4, 0.5) is 0 Å². The first-order chi connectivity index (χ1) is 12.9. The van der Waals surface area contributed by atoms with Gasteiger partial charge in [-0.05, 0) is 55.3 Å². The number of esters is 1. The Morgan fingerprint density at radius 3 is 2.30 bits per heavy atom. The Labute approximate surface area is 162 Å². The number of hydrogen-bond donors (Lipinski definition) is 0. The molecule has 142 valence electrons. The van der Waals surface area contributed by atoms with Gasteiger partial charge in [-0.2, -0.15) is 4.31 Å². The van der Waals surface area contributed by atoms with E-state index in [0.717, 1.165) is 12.8 Å². The monoisotopic (exact) mass is 407 g/mol. The van der Waals surface area contributed by atoms with Crippen molar-refractivity contribution in [3.05, 3.63) is 64.7 Å². The Hall–Kier alpha value is -2.22. The second-order valence-corrected chi connectivity index (χ2v) is 8.52. The maximum absolute atomic E-state index is 12.5. The maximum Gasteiger partial charge on any atom is 0.338 e. The molecule has 0 amide bonds. The van der Waals surface area contributed by atoms with Gasteiger partial charge in [-0.1, -0.05) is 17.7 Å². The van der Waals surface area contributed by atoms with Crippen LogP contribution in [0.3, 0.4) is 0 Å². The van der Waals surface area contributed by atoms with E-state index in [1.807, 2.05) is 0 Å². The number of ether oxygens (including phenoxy) is 1. The van der Waals surface area contributed by atoms with Gasteiger partial charge in [0.05, 0.1) is 10.5 Å². The highest BCUT2D eigenvalue weighted by Gasteiger charge is 2.27. The highest BCUT2D eigenvalue weighted by molar-refractivity contribution is 7.89. The van der Waals surface area contributed by atoms with Crippen LogP contribution in [0.2, 0.25) is 5.02 Å². The molecule has 0 spiro atoms. The molecule has 2 aromatic rings. The number of nitrogens with zero attached hydrogens (tertiary/aromatic N) is 1. The molecule has 0 radical (unpaired) electrons. The van der Waals surface area contributed by atoms with Crippen LogP contribution in [0.1, 0.15) is 33.6 Å². The molecule has 0 unspecified atom stereocenters. The van der Waals surface area contributed by atoms with Crippen LogP contribution in [-0.4, -0.2) is 44.2 Å². The van der Waals surface area contributed by atoms with Gasteiger partial charge in [0.25, 0.3) is 0 Å². The summed E-state index contributed by atoms with van der Waals surface area (Å²) in [5.41, 5.74) is 0.525. The highest BCUT2D eigenvalue weighted by atomic mass is 35.5. The minimum Gasteiger partial charge on any atom is -0.454 e. The number of benzene rings is 2. The summed E-state index contributed by atoms with van der Waals surface area (Å²) in [6.45, 7) is 0.592. The number of hydrogen-bond acceptors (Lipinski definition) is 5. The standard InChI is InChI=1S/C19H18ClNO5S/c20-16-5-3-4-15(12-16)19(23)26-13-18(22)14-6-8-17(9-7-14)27(24,25)21-10-1-2-11-21/h3-9,12H,1-2,10-11,13H2. The minimum absolute atomic E-state index is 0.150. The van der Waals surface area contributed by atoms with E-state index < -0.39 is 28.4 Å². The lowest BCUT2D eigenvalue weighted by atomic mass is 10.1. The fraction of sp³-hybridized carbons (Fsp3) is 0.263. The number of carbonyl (C=O) groups excluding carboxylic acids is 2. The zero-order valence-corrected chi connectivity index (χ0v) is 16.0. The Balaban J connectivity index is 1.63. The zero-order valence-electron chi connectivity index (χ0n) is 14.4. The van der Waals surface area contributed by atoms with Gasteiger partial charge in [-0.3, -0.25) is 4.79 Å². The van der Waals surface area contributed by atoms with Gasteiger partial charge in [0.1, 0.15) is 0 Å². The Kier molecular flexibility index (Phi) is 5.94. The third kappa shape index (κ3) is 4.55. The summed E-state index contributed by atoms with van der Waals surface area (Å²) in [7, 11) is -3.52. The number of sulfonamides is 1. The molecule has 1 heterocycles. The van der Waals surface area contributed by atoms with Crippen molar-refractivity contribution >= 4 is 33.4 Å². The van der Waals surface area contributed by atoms with Crippen molar-refractivity contribution in [2.75, 3.05) is 19.7 Å². The van der Waals surface area contributed by atoms with E-state index in [1.165, 1.54) is 40.7 Å². The van der Waals surface area contributed by atoms with Gasteiger partial charge in [0.15, 0.2) is 12.4 Å². The molecule has 3 rings (SSSR count). The lowest BCUT2D eigenvalue weighted by Gasteiger charge is -2.15. The van der Waals surface area contributed by atoms with E-state index in [9.17, 15) is 18.0 Å². The largest absolute Gasteiger partial charge is 0.454 e. The van der Waals surface area contributed by atoms with Crippen LogP contribution in [0, 0.1) is 0 Å². The van der Waals surface area contributed by atoms with E-state index in [4.69, 9.17) is 16.3 Å². The van der Waals surface area contributed by atoms with Crippen LogP contribution < -0.4 is 0 Å². The first-order valence-corrected chi connectivity index (χ1v) is 10.3. The van der Waals surface area contributed by atoms with Crippen molar-refractivity contribution in [1.82, 2.24) is 4.31 Å². The van der Waals surface area contributed by atoms with Gasteiger partial charge < -0.3 is 4.74 Å². The molecule has 0 bridgehead atoms. The lowest BCUT2D eigenvalue weighted by Crippen LogP contribution is -2.27. The first kappa shape index (κ1) is 19.5. The lowest BCUT2D eigenvalue weighted by molar-refractivity contribution is 0.0475. The molecule has 6 nitrogen and oxygen atoms in total. The first-order valence-electron chi connectivity index (χ1n) is 8.44. The average molecular weight is 408 g/mol. The summed E-state index contributed by atoms with van der Waals surface area (Å²) in [6, 6.07) is 11.9. The third-order valence-corrected chi connectivity index (χ3v) is 6.42. The van der Waals surface area contributed by atoms with Gasteiger partial charge in [0, 0.05) is 23.7 Å². The van der Waals surface area contributed by atoms with Crippen LogP contribution in [0.15, 0.2) is 53.4 Å². The van der Waals surface area contributed by atoms with Crippen LogP contribution in [0.5, 0.6) is 0 Å². The predicted molar refractivity (Wildman–Crippen MR) is 100 cm³/mol. The number of ketones is 1. The fourth-order valence-corrected chi connectivity index (χ4v) is 4.51. The molecule has 1 aliphatic rings. The van der Waals surface area contributed by atoms with Crippen molar-refractivity contribution in [2.45, 2.75) is 17.7 Å². The molecule has 2 aromatic carbocycles. The molecular formula is C19H18ClNO5S. The highest BCUT2D eigenvalue weighted by Crippen LogP contribution is 2.21. The molecule has 0 saturated carbocycles. The molecule has 0 aromatic heterocycles. The number of carbonyl (C=O) groups is 2. The Morgan fingerprint density at radius 2 is 1.67 bits per heavy atom. The second kappa shape index (κ2) is 8.21. The second-order valence-electron chi connectivity index (χ2n) is 6.15. The summed E-state index contributed by atoms with van der Waals surface area (Å²) >= 11 is 5.82. The van der Waals surface area contributed by atoms with Gasteiger partial charge >= 0.3 is 5.97 Å². The number of rotatable bonds is 6. The summed E-state index contributed by atoms with van der Waals surface area (Å²) in [5.74, 6) is -1.07. The summed E-state index contributed by atoms with van der Waals surface area (Å²) in [4.78, 5) is 24.3. The molecule has 1 aliphatic heterocycles. The molecule has 0 aliphatic carbocycles. The normalized spacial score (nSPS) is 14.9. The van der Waals surface area contributed by atoms with E-state index in [0.29, 0.717) is 18.1 Å². The Morgan fingerprint density at radius 1 is 1.00 bits per heavy atom.